The number of nitrogens with one attached hydrogen (secondary N) is 2. The second-order valence-corrected chi connectivity index (χ2v) is 6.34. The van der Waals surface area contributed by atoms with Gasteiger partial charge in [-0.15, -0.1) is 0 Å². The van der Waals surface area contributed by atoms with Crippen LogP contribution in [0, 0.1) is 0 Å². The lowest BCUT2D eigenvalue weighted by Crippen LogP contribution is -2.40. The number of nitrogens with two attached hydrogens (primary N) is 1. The third-order valence-electron chi connectivity index (χ3n) is 2.53. The van der Waals surface area contributed by atoms with Crippen LogP contribution in [0.2, 0.25) is 0 Å². The summed E-state index contributed by atoms with van der Waals surface area (Å²) in [6.07, 6.45) is 0. The van der Waals surface area contributed by atoms with Crippen LogP contribution in [0.25, 0.3) is 0 Å². The number of carbonyl (C=O) groups is 3. The van der Waals surface area contributed by atoms with E-state index in [0.717, 1.165) is 0 Å². The Labute approximate surface area is 133 Å². The van der Waals surface area contributed by atoms with Crippen LogP contribution in [0.4, 0.5) is 5.69 Å². The molecule has 0 saturated heterocycles. The molecule has 1 aromatic carbocycles. The molecule has 0 radical (unpaired) electrons. The second-order valence-electron chi connectivity index (χ2n) is 4.62. The SMILES string of the molecule is CC(=O)Nc1ccc(S(=O)(=O)N[C@@H](C)C(=O)OCC(N)=O)cc1. The van der Waals surface area contributed by atoms with Crippen molar-refractivity contribution in [3.05, 3.63) is 24.3 Å². The van der Waals surface area contributed by atoms with Gasteiger partial charge in [-0.1, -0.05) is 0 Å². The zero-order valence-corrected chi connectivity index (χ0v) is 13.3. The Morgan fingerprint density at radius 1 is 1.22 bits per heavy atom. The number of amides is 2. The Hall–Kier alpha value is -2.46. The number of hydrogen-bond donors (Lipinski definition) is 3. The Bertz CT molecular complexity index is 699. The van der Waals surface area contributed by atoms with Gasteiger partial charge in [0.05, 0.1) is 4.90 Å². The highest BCUT2D eigenvalue weighted by molar-refractivity contribution is 7.89. The van der Waals surface area contributed by atoms with Crippen molar-refractivity contribution in [3.63, 3.8) is 0 Å². The maximum atomic E-state index is 12.1. The summed E-state index contributed by atoms with van der Waals surface area (Å²) in [7, 11) is -3.97. The van der Waals surface area contributed by atoms with Crippen molar-refractivity contribution in [2.75, 3.05) is 11.9 Å². The molecular weight excluding hydrogens is 326 g/mol. The highest BCUT2D eigenvalue weighted by Gasteiger charge is 2.23. The molecule has 0 aromatic heterocycles. The molecule has 1 aromatic rings. The number of rotatable bonds is 7. The van der Waals surface area contributed by atoms with Crippen LogP contribution < -0.4 is 15.8 Å². The monoisotopic (exact) mass is 343 g/mol. The molecule has 4 N–H and O–H groups in total. The van der Waals surface area contributed by atoms with E-state index in [2.05, 4.69) is 14.8 Å². The summed E-state index contributed by atoms with van der Waals surface area (Å²) in [6.45, 7) is 1.97. The summed E-state index contributed by atoms with van der Waals surface area (Å²) in [5.74, 6) is -2.06. The van der Waals surface area contributed by atoms with Gasteiger partial charge < -0.3 is 15.8 Å². The number of anilines is 1. The molecule has 0 spiro atoms. The van der Waals surface area contributed by atoms with Gasteiger partial charge in [-0.25, -0.2) is 8.42 Å². The van der Waals surface area contributed by atoms with E-state index in [4.69, 9.17) is 5.73 Å². The Balaban J connectivity index is 2.76. The summed E-state index contributed by atoms with van der Waals surface area (Å²) in [6, 6.07) is 4.16. The van der Waals surface area contributed by atoms with Crippen LogP contribution in [-0.2, 0) is 29.1 Å². The van der Waals surface area contributed by atoms with Crippen LogP contribution in [0.15, 0.2) is 29.2 Å². The minimum absolute atomic E-state index is 0.0962. The topological polar surface area (TPSA) is 145 Å². The minimum Gasteiger partial charge on any atom is -0.454 e. The Morgan fingerprint density at radius 3 is 2.26 bits per heavy atom. The lowest BCUT2D eigenvalue weighted by atomic mass is 10.3. The van der Waals surface area contributed by atoms with Crippen molar-refractivity contribution in [1.29, 1.82) is 0 Å². The van der Waals surface area contributed by atoms with Gasteiger partial charge in [0, 0.05) is 12.6 Å². The van der Waals surface area contributed by atoms with Crippen molar-refractivity contribution in [3.8, 4) is 0 Å². The van der Waals surface area contributed by atoms with Gasteiger partial charge in [0.25, 0.3) is 5.91 Å². The first-order valence-electron chi connectivity index (χ1n) is 6.47. The van der Waals surface area contributed by atoms with E-state index >= 15 is 0 Å². The van der Waals surface area contributed by atoms with E-state index in [9.17, 15) is 22.8 Å². The number of carbonyl (C=O) groups excluding carboxylic acids is 3. The van der Waals surface area contributed by atoms with Crippen LogP contribution in [0.3, 0.4) is 0 Å². The van der Waals surface area contributed by atoms with E-state index < -0.39 is 34.5 Å². The van der Waals surface area contributed by atoms with Gasteiger partial charge >= 0.3 is 5.97 Å². The molecule has 0 aliphatic rings. The molecule has 0 unspecified atom stereocenters. The minimum atomic E-state index is -3.97. The molecule has 9 nitrogen and oxygen atoms in total. The lowest BCUT2D eigenvalue weighted by molar-refractivity contribution is -0.149. The van der Waals surface area contributed by atoms with Crippen LogP contribution in [0.5, 0.6) is 0 Å². The molecular formula is C13H17N3O6S. The van der Waals surface area contributed by atoms with Crippen molar-refractivity contribution in [2.24, 2.45) is 5.73 Å². The molecule has 1 atom stereocenters. The van der Waals surface area contributed by atoms with E-state index in [0.29, 0.717) is 5.69 Å². The number of hydrogen-bond acceptors (Lipinski definition) is 6. The van der Waals surface area contributed by atoms with Gasteiger partial charge in [0.2, 0.25) is 15.9 Å². The smallest absolute Gasteiger partial charge is 0.324 e. The number of benzene rings is 1. The normalized spacial score (nSPS) is 12.3. The third-order valence-corrected chi connectivity index (χ3v) is 4.08. The van der Waals surface area contributed by atoms with Crippen molar-refractivity contribution in [2.45, 2.75) is 24.8 Å². The zero-order chi connectivity index (χ0) is 17.6. The number of primary amides is 1. The highest BCUT2D eigenvalue weighted by atomic mass is 32.2. The van der Waals surface area contributed by atoms with E-state index in [1.54, 1.807) is 0 Å². The van der Waals surface area contributed by atoms with Gasteiger partial charge in [0.1, 0.15) is 6.04 Å². The Morgan fingerprint density at radius 2 is 1.78 bits per heavy atom. The van der Waals surface area contributed by atoms with Gasteiger partial charge in [0.15, 0.2) is 6.61 Å². The number of ether oxygens (including phenoxy) is 1. The molecule has 0 bridgehead atoms. The molecule has 23 heavy (non-hydrogen) atoms. The molecule has 126 valence electrons. The van der Waals surface area contributed by atoms with Crippen molar-refractivity contribution >= 4 is 33.5 Å². The molecule has 2 amide bonds. The van der Waals surface area contributed by atoms with E-state index in [1.807, 2.05) is 0 Å². The predicted octanol–water partition coefficient (Wildman–Crippen LogP) is -0.660. The summed E-state index contributed by atoms with van der Waals surface area (Å²) in [5, 5.41) is 2.50. The van der Waals surface area contributed by atoms with Crippen molar-refractivity contribution < 1.29 is 27.5 Å². The molecule has 0 fully saturated rings. The summed E-state index contributed by atoms with van der Waals surface area (Å²) in [5.41, 5.74) is 5.26. The summed E-state index contributed by atoms with van der Waals surface area (Å²) >= 11 is 0. The average molecular weight is 343 g/mol. The maximum absolute atomic E-state index is 12.1. The van der Waals surface area contributed by atoms with Crippen LogP contribution in [-0.4, -0.2) is 38.9 Å². The van der Waals surface area contributed by atoms with Crippen LogP contribution in [0.1, 0.15) is 13.8 Å². The number of sulfonamides is 1. The van der Waals surface area contributed by atoms with Gasteiger partial charge in [-0.05, 0) is 31.2 Å². The standard InChI is InChI=1S/C13H17N3O6S/c1-8(13(19)22-7-12(14)18)16-23(20,21)11-5-3-10(4-6-11)15-9(2)17/h3-6,8,16H,7H2,1-2H3,(H2,14,18)(H,15,17)/t8-/m0/s1. The summed E-state index contributed by atoms with van der Waals surface area (Å²) in [4.78, 5) is 32.8. The third kappa shape index (κ3) is 6.04. The molecule has 0 heterocycles. The molecule has 1 rings (SSSR count). The zero-order valence-electron chi connectivity index (χ0n) is 12.5. The first kappa shape index (κ1) is 18.6. The fourth-order valence-corrected chi connectivity index (χ4v) is 2.73. The average Bonchev–Trinajstić information content (AvgIpc) is 2.44. The first-order chi connectivity index (χ1) is 10.6. The van der Waals surface area contributed by atoms with Crippen molar-refractivity contribution in [1.82, 2.24) is 4.72 Å². The highest BCUT2D eigenvalue weighted by Crippen LogP contribution is 2.14. The maximum Gasteiger partial charge on any atom is 0.324 e. The lowest BCUT2D eigenvalue weighted by Gasteiger charge is -2.13. The predicted molar refractivity (Wildman–Crippen MR) is 80.7 cm³/mol. The van der Waals surface area contributed by atoms with E-state index in [-0.39, 0.29) is 10.8 Å². The quantitative estimate of drug-likeness (QED) is 0.560. The first-order valence-corrected chi connectivity index (χ1v) is 7.95. The molecule has 0 aliphatic heterocycles. The Kier molecular flexibility index (Phi) is 6.22. The molecule has 10 heteroatoms. The van der Waals surface area contributed by atoms with Gasteiger partial charge in [-0.2, -0.15) is 4.72 Å². The van der Waals surface area contributed by atoms with Gasteiger partial charge in [-0.3, -0.25) is 14.4 Å². The fourth-order valence-electron chi connectivity index (χ4n) is 1.54. The summed E-state index contributed by atoms with van der Waals surface area (Å²) < 4.78 is 30.9. The van der Waals surface area contributed by atoms with E-state index in [1.165, 1.54) is 38.1 Å². The molecule has 0 aliphatic carbocycles. The number of esters is 1. The molecule has 0 saturated carbocycles. The van der Waals surface area contributed by atoms with Crippen LogP contribution >= 0.6 is 0 Å². The fraction of sp³-hybridized carbons (Fsp3) is 0.308. The largest absolute Gasteiger partial charge is 0.454 e. The second kappa shape index (κ2) is 7.70.